The van der Waals surface area contributed by atoms with E-state index in [2.05, 4.69) is 172 Å². The molecule has 4 aromatic rings. The zero-order valence-electron chi connectivity index (χ0n) is 24.3. The molecule has 0 amide bonds. The molecule has 3 nitrogen and oxygen atoms in total. The maximum Gasteiger partial charge on any atom is 0.281 e. The molecule has 1 atom stereocenters. The van der Waals surface area contributed by atoms with Crippen molar-refractivity contribution in [2.24, 2.45) is 0 Å². The monoisotopic (exact) mass is 587 g/mol. The molecule has 0 saturated carbocycles. The molecule has 1 N–H and O–H groups in total. The van der Waals surface area contributed by atoms with Gasteiger partial charge in [-0.1, -0.05) is 0 Å². The fourth-order valence-corrected chi connectivity index (χ4v) is 6.11. The van der Waals surface area contributed by atoms with E-state index in [9.17, 15) is 0 Å². The zero-order valence-corrected chi connectivity index (χ0v) is 23.0. The van der Waals surface area contributed by atoms with E-state index < -0.39 is 5.54 Å². The Bertz CT molecular complexity index is 1380. The molecule has 0 heterocycles. The first-order valence-electron chi connectivity index (χ1n) is 12.2. The molecule has 192 valence electrons. The Labute approximate surface area is 240 Å². The summed E-state index contributed by atoms with van der Waals surface area (Å²) in [5.41, 5.74) is 8.30. The molecule has 4 heteroatoms. The van der Waals surface area contributed by atoms with E-state index >= 15 is 0 Å². The van der Waals surface area contributed by atoms with Crippen molar-refractivity contribution < 1.29 is 32.2 Å². The van der Waals surface area contributed by atoms with Crippen LogP contribution in [0, 0.1) is 0 Å². The number of hydrogen-bond acceptors (Lipinski definition) is 3. The second kappa shape index (κ2) is 13.7. The minimum Gasteiger partial charge on any atom is -1.00 e. The molecular formula is C34H31NO2Ru. The largest absolute Gasteiger partial charge is 1.00 e. The van der Waals surface area contributed by atoms with Crippen LogP contribution in [-0.4, -0.2) is 19.6 Å². The molecule has 4 radical (unpaired) electrons. The maximum atomic E-state index is 7.50. The molecule has 1 unspecified atom stereocenters. The van der Waals surface area contributed by atoms with Gasteiger partial charge in [-0.25, -0.2) is 0 Å². The van der Waals surface area contributed by atoms with E-state index in [1.54, 1.807) is 0 Å². The average molecular weight is 587 g/mol. The van der Waals surface area contributed by atoms with Gasteiger partial charge >= 0.3 is 214 Å². The number of rotatable bonds is 6. The van der Waals surface area contributed by atoms with Gasteiger partial charge in [0, 0.05) is 0 Å². The first-order chi connectivity index (χ1) is 18.6. The van der Waals surface area contributed by atoms with Gasteiger partial charge in [-0.2, -0.15) is 0 Å². The van der Waals surface area contributed by atoms with Crippen LogP contribution in [-0.2, 0) is 33.4 Å². The molecule has 0 bridgehead atoms. The number of allylic oxidation sites excluding steroid dienone is 2. The number of nitrogens with one attached hydrogen (secondary N) is 1. The molecular weight excluding hydrogens is 555 g/mol. The Hall–Kier alpha value is -3.72. The molecule has 4 aromatic carbocycles. The molecule has 0 saturated heterocycles. The topological polar surface area (TPSA) is 46.2 Å². The summed E-state index contributed by atoms with van der Waals surface area (Å²) in [5, 5.41) is 4.04. The Morgan fingerprint density at radius 2 is 0.974 bits per heavy atom. The summed E-state index contributed by atoms with van der Waals surface area (Å²) >= 11 is 3.01. The fraction of sp³-hybridized carbons (Fsp3) is 0.118. The quantitative estimate of drug-likeness (QED) is 0.248. The first kappa shape index (κ1) is 28.8. The van der Waals surface area contributed by atoms with E-state index in [1.165, 1.54) is 43.1 Å². The van der Waals surface area contributed by atoms with Gasteiger partial charge < -0.3 is 4.28 Å². The summed E-state index contributed by atoms with van der Waals surface area (Å²) in [5.74, 6) is 0. The van der Waals surface area contributed by atoms with Gasteiger partial charge in [-0.15, -0.1) is 0 Å². The van der Waals surface area contributed by atoms with Crippen molar-refractivity contribution in [1.82, 2.24) is 5.32 Å². The summed E-state index contributed by atoms with van der Waals surface area (Å²) in [7, 11) is 0. The van der Waals surface area contributed by atoms with Crippen molar-refractivity contribution in [2.45, 2.75) is 25.4 Å². The summed E-state index contributed by atoms with van der Waals surface area (Å²) in [6, 6.07) is 43.6. The van der Waals surface area contributed by atoms with Gasteiger partial charge in [0.25, 0.3) is 13.6 Å². The smallest absolute Gasteiger partial charge is 0.281 e. The predicted molar refractivity (Wildman–Crippen MR) is 154 cm³/mol. The fourth-order valence-electron chi connectivity index (χ4n) is 5.05. The Morgan fingerprint density at radius 3 is 1.39 bits per heavy atom. The van der Waals surface area contributed by atoms with E-state index in [0.717, 1.165) is 0 Å². The van der Waals surface area contributed by atoms with Crippen molar-refractivity contribution in [3.8, 4) is 0 Å². The standard InChI is InChI=1S/C32H28N.2CO.Ru.3H/c1-24(2)33-32(28-21-13-6-14-22-28)23-29(25-15-7-3-8-16-25)30(26-17-9-4-10-18-26)31(32)27-19-11-5-12-20-27;2*1-2;;;;/h3-22,24,33H,1-2H3;;;;;;/q;;;+3;3*-1. The predicted octanol–water partition coefficient (Wildman–Crippen LogP) is 7.01. The van der Waals surface area contributed by atoms with E-state index in [0.29, 0.717) is 0 Å². The average Bonchev–Trinajstić information content (AvgIpc) is 3.25. The van der Waals surface area contributed by atoms with Gasteiger partial charge in [0.2, 0.25) is 0 Å². The Morgan fingerprint density at radius 1 is 0.605 bits per heavy atom. The van der Waals surface area contributed by atoms with Crippen LogP contribution in [0.1, 0.15) is 40.4 Å². The molecule has 0 aromatic heterocycles. The molecule has 0 aliphatic heterocycles. The van der Waals surface area contributed by atoms with Gasteiger partial charge in [-0.3, -0.25) is 9.59 Å². The summed E-state index contributed by atoms with van der Waals surface area (Å²) in [6.07, 6.45) is 0. The van der Waals surface area contributed by atoms with Crippen LogP contribution in [0.15, 0.2) is 125 Å². The molecule has 38 heavy (non-hydrogen) atoms. The van der Waals surface area contributed by atoms with Crippen LogP contribution < -0.4 is 5.32 Å². The van der Waals surface area contributed by atoms with Crippen molar-refractivity contribution in [3.05, 3.63) is 148 Å². The van der Waals surface area contributed by atoms with Gasteiger partial charge in [0.05, 0.1) is 0 Å². The van der Waals surface area contributed by atoms with Crippen molar-refractivity contribution >= 4 is 30.3 Å². The number of benzene rings is 4. The van der Waals surface area contributed by atoms with Crippen LogP contribution in [0.3, 0.4) is 0 Å². The molecule has 5 rings (SSSR count). The summed E-state index contributed by atoms with van der Waals surface area (Å²) < 4.78 is 1.26. The Kier molecular flexibility index (Phi) is 10.4. The van der Waals surface area contributed by atoms with Crippen LogP contribution >= 0.6 is 0 Å². The second-order valence-corrected chi connectivity index (χ2v) is 9.81. The third-order valence-electron chi connectivity index (χ3n) is 6.31. The Balaban J connectivity index is 0.00000219. The molecule has 0 fully saturated rings. The van der Waals surface area contributed by atoms with Crippen molar-refractivity contribution in [2.75, 3.05) is 0 Å². The number of hydrogen-bond donors (Lipinski definition) is 1. The van der Waals surface area contributed by atoms with E-state index in [-0.39, 0.29) is 10.3 Å². The third kappa shape index (κ3) is 5.57. The van der Waals surface area contributed by atoms with Crippen molar-refractivity contribution in [3.63, 3.8) is 0 Å². The number of carbonyl (C=O) groups excluding carboxylic acids is 2. The van der Waals surface area contributed by atoms with Crippen LogP contribution in [0.4, 0.5) is 0 Å². The van der Waals surface area contributed by atoms with Crippen molar-refractivity contribution in [1.29, 1.82) is 0 Å². The minimum atomic E-state index is -0.482. The summed E-state index contributed by atoms with van der Waals surface area (Å²) in [6.45, 7) is 13.5. The minimum absolute atomic E-state index is 0. The second-order valence-electron chi connectivity index (χ2n) is 8.94. The van der Waals surface area contributed by atoms with Gasteiger partial charge in [-0.05, 0) is 0 Å². The van der Waals surface area contributed by atoms with Crippen LogP contribution in [0.5, 0.6) is 0 Å². The third-order valence-corrected chi connectivity index (χ3v) is 7.39. The summed E-state index contributed by atoms with van der Waals surface area (Å²) in [4.78, 5) is 15.0. The molecule has 1 aliphatic rings. The molecule has 1 aliphatic carbocycles. The normalized spacial score (nSPS) is 16.4. The van der Waals surface area contributed by atoms with Gasteiger partial charge in [0.1, 0.15) is 0 Å². The SMILES string of the molecule is CC(C)NC1(c2ccccc2)[C]([Ru+3])=C(c2ccccc2)C(c2ccccc2)=C1c1ccccc1.[C]=O.[C]=O.[H-].[H-].[H-]. The van der Waals surface area contributed by atoms with Crippen LogP contribution in [0.25, 0.3) is 16.7 Å². The van der Waals surface area contributed by atoms with E-state index in [4.69, 9.17) is 9.59 Å². The zero-order chi connectivity index (χ0) is 27.5. The maximum absolute atomic E-state index is 7.50. The molecule has 0 spiro atoms. The first-order valence-corrected chi connectivity index (χ1v) is 13.0. The van der Waals surface area contributed by atoms with E-state index in [1.807, 2.05) is 0 Å². The van der Waals surface area contributed by atoms with Gasteiger partial charge in [0.15, 0.2) is 0 Å². The van der Waals surface area contributed by atoms with Crippen LogP contribution in [0.2, 0.25) is 0 Å².